The van der Waals surface area contributed by atoms with Crippen LogP contribution < -0.4 is 5.73 Å². The molecule has 1 aliphatic rings. The highest BCUT2D eigenvalue weighted by atomic mass is 16.3. The molecule has 0 aliphatic heterocycles. The number of anilines is 1. The van der Waals surface area contributed by atoms with Gasteiger partial charge >= 0.3 is 0 Å². The molecule has 0 saturated heterocycles. The number of hydrogen-bond acceptors (Lipinski definition) is 4. The molecule has 1 aliphatic carbocycles. The molecular formula is C12H14N4O. The van der Waals surface area contributed by atoms with E-state index >= 15 is 0 Å². The molecule has 3 rings (SSSR count). The summed E-state index contributed by atoms with van der Waals surface area (Å²) in [5.41, 5.74) is 7.51. The van der Waals surface area contributed by atoms with Crippen molar-refractivity contribution in [3.8, 4) is 0 Å². The van der Waals surface area contributed by atoms with Crippen molar-refractivity contribution in [3.63, 3.8) is 0 Å². The van der Waals surface area contributed by atoms with Crippen molar-refractivity contribution in [2.75, 3.05) is 12.3 Å². The maximum absolute atomic E-state index is 9.13. The zero-order valence-electron chi connectivity index (χ0n) is 9.32. The summed E-state index contributed by atoms with van der Waals surface area (Å²) in [6.07, 6.45) is 8.55. The summed E-state index contributed by atoms with van der Waals surface area (Å²) in [6, 6.07) is 2.16. The zero-order chi connectivity index (χ0) is 11.8. The lowest BCUT2D eigenvalue weighted by atomic mass is 10.1. The number of nitrogens with two attached hydrogens (primary N) is 1. The molecule has 88 valence electrons. The van der Waals surface area contributed by atoms with E-state index in [9.17, 15) is 0 Å². The summed E-state index contributed by atoms with van der Waals surface area (Å²) >= 11 is 0. The largest absolute Gasteiger partial charge is 0.396 e. The molecular weight excluding hydrogens is 216 g/mol. The van der Waals surface area contributed by atoms with Crippen LogP contribution in [0, 0.1) is 5.92 Å². The summed E-state index contributed by atoms with van der Waals surface area (Å²) in [7, 11) is 0. The number of hydrogen-bond donors (Lipinski definition) is 2. The van der Waals surface area contributed by atoms with Gasteiger partial charge in [0.15, 0.2) is 5.82 Å². The molecule has 0 spiro atoms. The lowest BCUT2D eigenvalue weighted by Crippen LogP contribution is -2.07. The van der Waals surface area contributed by atoms with Gasteiger partial charge in [0.1, 0.15) is 5.52 Å². The maximum Gasteiger partial charge on any atom is 0.151 e. The Balaban J connectivity index is 2.02. The Morgan fingerprint density at radius 2 is 2.29 bits per heavy atom. The molecule has 0 bridgehead atoms. The van der Waals surface area contributed by atoms with Crippen LogP contribution in [-0.2, 0) is 0 Å². The first-order chi connectivity index (χ1) is 8.29. The molecule has 0 amide bonds. The number of fused-ring (bicyclic) bond motifs is 1. The Morgan fingerprint density at radius 3 is 3.06 bits per heavy atom. The van der Waals surface area contributed by atoms with Crippen LogP contribution in [0.5, 0.6) is 0 Å². The van der Waals surface area contributed by atoms with Gasteiger partial charge in [-0.25, -0.2) is 9.97 Å². The van der Waals surface area contributed by atoms with Gasteiger partial charge in [-0.05, 0) is 12.5 Å². The van der Waals surface area contributed by atoms with Crippen LogP contribution in [0.2, 0.25) is 0 Å². The number of pyridine rings is 1. The smallest absolute Gasteiger partial charge is 0.151 e. The first kappa shape index (κ1) is 10.3. The molecule has 0 unspecified atom stereocenters. The number of rotatable bonds is 2. The fourth-order valence-corrected chi connectivity index (χ4v) is 2.34. The van der Waals surface area contributed by atoms with Crippen molar-refractivity contribution in [1.29, 1.82) is 0 Å². The summed E-state index contributed by atoms with van der Waals surface area (Å²) in [6.45, 7) is 0.198. The van der Waals surface area contributed by atoms with Crippen LogP contribution in [-0.4, -0.2) is 26.2 Å². The van der Waals surface area contributed by atoms with Gasteiger partial charge in [-0.2, -0.15) is 0 Å². The second-order valence-electron chi connectivity index (χ2n) is 4.35. The molecule has 3 N–H and O–H groups in total. The van der Waals surface area contributed by atoms with Gasteiger partial charge in [0.2, 0.25) is 0 Å². The van der Waals surface area contributed by atoms with Gasteiger partial charge in [-0.1, -0.05) is 12.2 Å². The molecule has 2 atom stereocenters. The number of allylic oxidation sites excluding steroid dienone is 1. The van der Waals surface area contributed by atoms with Crippen molar-refractivity contribution in [2.24, 2.45) is 5.92 Å². The summed E-state index contributed by atoms with van der Waals surface area (Å²) in [5.74, 6) is 0.707. The first-order valence-corrected chi connectivity index (χ1v) is 5.66. The van der Waals surface area contributed by atoms with Crippen LogP contribution in [0.1, 0.15) is 12.5 Å². The fraction of sp³-hybridized carbons (Fsp3) is 0.333. The van der Waals surface area contributed by atoms with Crippen molar-refractivity contribution in [1.82, 2.24) is 14.5 Å². The van der Waals surface area contributed by atoms with Gasteiger partial charge in [0.25, 0.3) is 0 Å². The molecule has 17 heavy (non-hydrogen) atoms. The van der Waals surface area contributed by atoms with E-state index in [0.29, 0.717) is 5.82 Å². The fourth-order valence-electron chi connectivity index (χ4n) is 2.34. The summed E-state index contributed by atoms with van der Waals surface area (Å²) in [5, 5.41) is 9.13. The molecule has 2 aromatic heterocycles. The number of aliphatic hydroxyl groups excluding tert-OH is 1. The van der Waals surface area contributed by atoms with E-state index in [2.05, 4.69) is 26.7 Å². The molecule has 0 radical (unpaired) electrons. The Morgan fingerprint density at radius 1 is 1.41 bits per heavy atom. The third kappa shape index (κ3) is 1.59. The Hall–Kier alpha value is -1.88. The first-order valence-electron chi connectivity index (χ1n) is 5.66. The number of nitrogen functional groups attached to an aromatic ring is 1. The van der Waals surface area contributed by atoms with Crippen LogP contribution in [0.3, 0.4) is 0 Å². The summed E-state index contributed by atoms with van der Waals surface area (Å²) in [4.78, 5) is 8.32. The highest BCUT2D eigenvalue weighted by molar-refractivity contribution is 5.84. The Bertz CT molecular complexity index is 575. The van der Waals surface area contributed by atoms with Crippen molar-refractivity contribution in [2.45, 2.75) is 12.5 Å². The topological polar surface area (TPSA) is 77.0 Å². The molecule has 0 aromatic carbocycles. The molecule has 5 heteroatoms. The van der Waals surface area contributed by atoms with E-state index in [4.69, 9.17) is 10.8 Å². The second-order valence-corrected chi connectivity index (χ2v) is 4.35. The minimum absolute atomic E-state index is 0.198. The highest BCUT2D eigenvalue weighted by Crippen LogP contribution is 2.30. The Kier molecular flexibility index (Phi) is 2.33. The van der Waals surface area contributed by atoms with Gasteiger partial charge < -0.3 is 15.4 Å². The van der Waals surface area contributed by atoms with Gasteiger partial charge in [-0.15, -0.1) is 0 Å². The van der Waals surface area contributed by atoms with Crippen molar-refractivity contribution < 1.29 is 5.11 Å². The average molecular weight is 230 g/mol. The summed E-state index contributed by atoms with van der Waals surface area (Å²) < 4.78 is 2.08. The van der Waals surface area contributed by atoms with Crippen LogP contribution >= 0.6 is 0 Å². The molecule has 5 nitrogen and oxygen atoms in total. The number of nitrogens with zero attached hydrogens (tertiary/aromatic N) is 3. The van der Waals surface area contributed by atoms with Crippen LogP contribution in [0.4, 0.5) is 5.82 Å². The quantitative estimate of drug-likeness (QED) is 0.758. The van der Waals surface area contributed by atoms with Gasteiger partial charge in [-0.3, -0.25) is 0 Å². The van der Waals surface area contributed by atoms with Crippen LogP contribution in [0.15, 0.2) is 30.7 Å². The van der Waals surface area contributed by atoms with E-state index in [1.165, 1.54) is 0 Å². The SMILES string of the molecule is Nc1nccc2c1ncn2[C@H]1C=C[C@@H](CO)C1. The van der Waals surface area contributed by atoms with E-state index in [-0.39, 0.29) is 18.6 Å². The number of aromatic nitrogens is 3. The van der Waals surface area contributed by atoms with E-state index in [1.807, 2.05) is 6.07 Å². The predicted octanol–water partition coefficient (Wildman–Crippen LogP) is 1.12. The van der Waals surface area contributed by atoms with Gasteiger partial charge in [0.05, 0.1) is 17.9 Å². The van der Waals surface area contributed by atoms with Crippen molar-refractivity contribution in [3.05, 3.63) is 30.7 Å². The van der Waals surface area contributed by atoms with E-state index in [1.54, 1.807) is 12.5 Å². The standard InChI is InChI=1S/C12H14N4O/c13-12-11-10(3-4-14-12)16(7-15-11)9-2-1-8(5-9)6-17/h1-4,7-9,17H,5-6H2,(H2,13,14)/t8-,9+/m1/s1. The maximum atomic E-state index is 9.13. The predicted molar refractivity (Wildman–Crippen MR) is 65.3 cm³/mol. The minimum atomic E-state index is 0.198. The zero-order valence-corrected chi connectivity index (χ0v) is 9.32. The van der Waals surface area contributed by atoms with Gasteiger partial charge in [0, 0.05) is 18.7 Å². The normalized spacial score (nSPS) is 23.6. The number of imidazole rings is 1. The highest BCUT2D eigenvalue weighted by Gasteiger charge is 2.21. The molecule has 0 fully saturated rings. The van der Waals surface area contributed by atoms with Crippen molar-refractivity contribution >= 4 is 16.9 Å². The third-order valence-corrected chi connectivity index (χ3v) is 3.26. The van der Waals surface area contributed by atoms with Crippen LogP contribution in [0.25, 0.3) is 11.0 Å². The third-order valence-electron chi connectivity index (χ3n) is 3.26. The molecule has 2 aromatic rings. The molecule has 0 saturated carbocycles. The van der Waals surface area contributed by atoms with E-state index in [0.717, 1.165) is 17.5 Å². The number of aliphatic hydroxyl groups is 1. The minimum Gasteiger partial charge on any atom is -0.396 e. The molecule has 2 heterocycles. The monoisotopic (exact) mass is 230 g/mol. The second kappa shape index (κ2) is 3.85. The lowest BCUT2D eigenvalue weighted by molar-refractivity contribution is 0.244. The Labute approximate surface area is 98.6 Å². The average Bonchev–Trinajstić information content (AvgIpc) is 2.94. The lowest BCUT2D eigenvalue weighted by Gasteiger charge is -2.12. The van der Waals surface area contributed by atoms with E-state index < -0.39 is 0 Å².